The number of rotatable bonds is 3. The number of likely N-dealkylation sites (N-methyl/N-ethyl adjacent to an activating group) is 1. The third kappa shape index (κ3) is 3.27. The predicted molar refractivity (Wildman–Crippen MR) is 74.0 cm³/mol. The lowest BCUT2D eigenvalue weighted by Gasteiger charge is -2.26. The molecule has 2 fully saturated rings. The first-order valence-electron chi connectivity index (χ1n) is 6.63. The van der Waals surface area contributed by atoms with Crippen molar-refractivity contribution in [1.82, 2.24) is 15.5 Å². The summed E-state index contributed by atoms with van der Waals surface area (Å²) in [6.07, 6.45) is 1.58. The van der Waals surface area contributed by atoms with E-state index in [1.165, 1.54) is 0 Å². The zero-order valence-electron chi connectivity index (χ0n) is 11.6. The second kappa shape index (κ2) is 5.90. The van der Waals surface area contributed by atoms with Crippen LogP contribution in [0.15, 0.2) is 15.7 Å². The highest BCUT2D eigenvalue weighted by atomic mass is 32.2. The van der Waals surface area contributed by atoms with Crippen molar-refractivity contribution in [2.75, 3.05) is 44.0 Å². The number of nitrogens with one attached hydrogen (secondary N) is 1. The Morgan fingerprint density at radius 1 is 1.57 bits per heavy atom. The standard InChI is InChI=1S/C11H16N6O3S/c1-15-2-4-16(5-3-15)17-6-9(20-14-17)13-10(18)8-7-21-11(19)12-8/h6,8H,2-5,7H2,1H3,(H-,12,13,14,18,19)/t8-/m0/s1. The van der Waals surface area contributed by atoms with Crippen LogP contribution >= 0.6 is 11.8 Å². The lowest BCUT2D eigenvalue weighted by molar-refractivity contribution is -0.759. The van der Waals surface area contributed by atoms with Crippen LogP contribution in [0.4, 0.5) is 10.7 Å². The number of amides is 1. The van der Waals surface area contributed by atoms with Gasteiger partial charge in [0, 0.05) is 18.8 Å². The number of carbonyl (C=O) groups excluding carboxylic acids is 1. The molecule has 2 saturated heterocycles. The van der Waals surface area contributed by atoms with Crippen molar-refractivity contribution in [2.45, 2.75) is 6.04 Å². The molecule has 1 aromatic heterocycles. The fourth-order valence-electron chi connectivity index (χ4n) is 2.12. The first kappa shape index (κ1) is 14.1. The Kier molecular flexibility index (Phi) is 3.97. The second-order valence-electron chi connectivity index (χ2n) is 4.96. The summed E-state index contributed by atoms with van der Waals surface area (Å²) < 4.78 is 5.05. The van der Waals surface area contributed by atoms with Crippen LogP contribution in [0.5, 0.6) is 0 Å². The van der Waals surface area contributed by atoms with Crippen LogP contribution in [0.25, 0.3) is 0 Å². The zero-order chi connectivity index (χ0) is 14.8. The Morgan fingerprint density at radius 3 is 3.00 bits per heavy atom. The van der Waals surface area contributed by atoms with Gasteiger partial charge in [0.15, 0.2) is 0 Å². The van der Waals surface area contributed by atoms with Gasteiger partial charge in [-0.1, -0.05) is 11.8 Å². The molecular formula is C11H16N6O3S. The molecule has 0 bridgehead atoms. The van der Waals surface area contributed by atoms with Crippen molar-refractivity contribution >= 4 is 28.8 Å². The summed E-state index contributed by atoms with van der Waals surface area (Å²) in [4.78, 5) is 18.7. The summed E-state index contributed by atoms with van der Waals surface area (Å²) in [5.41, 5.74) is 0. The fourth-order valence-corrected chi connectivity index (χ4v) is 2.89. The predicted octanol–water partition coefficient (Wildman–Crippen LogP) is -1.94. The van der Waals surface area contributed by atoms with Gasteiger partial charge in [0.2, 0.25) is 5.27 Å². The summed E-state index contributed by atoms with van der Waals surface area (Å²) in [6, 6.07) is -0.579. The van der Waals surface area contributed by atoms with Crippen molar-refractivity contribution in [2.24, 2.45) is 4.99 Å². The van der Waals surface area contributed by atoms with E-state index in [0.717, 1.165) is 37.9 Å². The van der Waals surface area contributed by atoms with Gasteiger partial charge in [-0.15, -0.1) is 0 Å². The molecule has 1 amide bonds. The molecule has 0 aliphatic carbocycles. The normalized spacial score (nSPS) is 24.4. The maximum atomic E-state index is 11.9. The number of nitrogens with zero attached hydrogens (tertiary/aromatic N) is 5. The van der Waals surface area contributed by atoms with E-state index >= 15 is 0 Å². The number of hydrogen-bond acceptors (Lipinski definition) is 8. The molecule has 3 rings (SSSR count). The highest BCUT2D eigenvalue weighted by Crippen LogP contribution is 2.15. The average molecular weight is 312 g/mol. The minimum Gasteiger partial charge on any atom is -0.860 e. The van der Waals surface area contributed by atoms with Gasteiger partial charge in [0.25, 0.3) is 11.4 Å². The van der Waals surface area contributed by atoms with Crippen LogP contribution in [-0.2, 0) is 0 Å². The van der Waals surface area contributed by atoms with Crippen molar-refractivity contribution in [1.29, 1.82) is 0 Å². The maximum absolute atomic E-state index is 11.9. The summed E-state index contributed by atoms with van der Waals surface area (Å²) in [6.45, 7) is 3.54. The van der Waals surface area contributed by atoms with Crippen LogP contribution in [0.2, 0.25) is 0 Å². The molecule has 0 saturated carbocycles. The fraction of sp³-hybridized carbons (Fsp3) is 0.636. The molecule has 2 aliphatic heterocycles. The first-order valence-corrected chi connectivity index (χ1v) is 7.62. The molecule has 1 N–H and O–H groups in total. The molecule has 9 nitrogen and oxygen atoms in total. The number of piperazine rings is 1. The van der Waals surface area contributed by atoms with E-state index < -0.39 is 11.9 Å². The lowest BCUT2D eigenvalue weighted by Crippen LogP contribution is -2.64. The van der Waals surface area contributed by atoms with E-state index in [1.807, 2.05) is 5.01 Å². The third-order valence-corrected chi connectivity index (χ3v) is 4.29. The molecule has 3 heterocycles. The number of aliphatic imine (C=N–C) groups is 1. The van der Waals surface area contributed by atoms with E-state index in [4.69, 9.17) is 4.52 Å². The molecule has 0 spiro atoms. The van der Waals surface area contributed by atoms with Gasteiger partial charge in [-0.25, -0.2) is 4.99 Å². The molecule has 0 radical (unpaired) electrons. The lowest BCUT2D eigenvalue weighted by atomic mass is 10.3. The molecule has 114 valence electrons. The van der Waals surface area contributed by atoms with E-state index in [1.54, 1.807) is 11.0 Å². The van der Waals surface area contributed by atoms with Crippen molar-refractivity contribution in [3.63, 3.8) is 0 Å². The molecule has 1 aromatic rings. The number of thioether (sulfide) groups is 1. The zero-order valence-corrected chi connectivity index (χ0v) is 12.4. The number of hydrogen-bond donors (Lipinski definition) is 1. The Bertz CT molecular complexity index is 554. The van der Waals surface area contributed by atoms with Gasteiger partial charge in [-0.2, -0.15) is 5.01 Å². The summed E-state index contributed by atoms with van der Waals surface area (Å²) in [5, 5.41) is 20.1. The monoisotopic (exact) mass is 312 g/mol. The van der Waals surface area contributed by atoms with E-state index in [9.17, 15) is 9.90 Å². The second-order valence-corrected chi connectivity index (χ2v) is 5.96. The minimum absolute atomic E-state index is 0.144. The van der Waals surface area contributed by atoms with Crippen LogP contribution in [0, 0.1) is 0 Å². The Balaban J connectivity index is 1.66. The topological polar surface area (TPSA) is 101 Å². The molecule has 2 aliphatic rings. The van der Waals surface area contributed by atoms with E-state index in [0.29, 0.717) is 5.75 Å². The number of carbonyl (C=O) groups is 1. The van der Waals surface area contributed by atoms with Crippen LogP contribution in [-0.4, -0.2) is 66.3 Å². The average Bonchev–Trinajstić information content (AvgIpc) is 3.09. The Hall–Kier alpha value is -1.81. The van der Waals surface area contributed by atoms with Gasteiger partial charge < -0.3 is 15.3 Å². The summed E-state index contributed by atoms with van der Waals surface area (Å²) in [7, 11) is 2.07. The van der Waals surface area contributed by atoms with Crippen molar-refractivity contribution in [3.05, 3.63) is 6.20 Å². The van der Waals surface area contributed by atoms with Gasteiger partial charge in [-0.3, -0.25) is 9.32 Å². The molecule has 10 heteroatoms. The van der Waals surface area contributed by atoms with Gasteiger partial charge in [-0.05, 0) is 12.9 Å². The minimum atomic E-state index is -0.579. The maximum Gasteiger partial charge on any atom is 0.324 e. The largest absolute Gasteiger partial charge is 0.860 e. The quantitative estimate of drug-likeness (QED) is 0.394. The third-order valence-electron chi connectivity index (χ3n) is 3.41. The van der Waals surface area contributed by atoms with Gasteiger partial charge in [0.05, 0.1) is 23.9 Å². The SMILES string of the molecule is CN1CCN([n+]2cc(N=C([O-])[C@@H]3CSC(=O)N3)on2)CC1. The van der Waals surface area contributed by atoms with Gasteiger partial charge >= 0.3 is 5.88 Å². The highest BCUT2D eigenvalue weighted by molar-refractivity contribution is 8.14. The molecule has 0 aromatic carbocycles. The first-order chi connectivity index (χ1) is 10.1. The summed E-state index contributed by atoms with van der Waals surface area (Å²) >= 11 is 1.08. The van der Waals surface area contributed by atoms with E-state index in [-0.39, 0.29) is 11.1 Å². The smallest absolute Gasteiger partial charge is 0.324 e. The molecule has 1 atom stereocenters. The summed E-state index contributed by atoms with van der Waals surface area (Å²) in [5.74, 6) is 0.119. The number of aromatic nitrogens is 2. The van der Waals surface area contributed by atoms with Crippen LogP contribution in [0.1, 0.15) is 0 Å². The highest BCUT2D eigenvalue weighted by Gasteiger charge is 2.25. The van der Waals surface area contributed by atoms with Crippen LogP contribution in [0.3, 0.4) is 0 Å². The molecule has 0 unspecified atom stereocenters. The Labute approximate surface area is 125 Å². The molecular weight excluding hydrogens is 296 g/mol. The molecule has 21 heavy (non-hydrogen) atoms. The van der Waals surface area contributed by atoms with Crippen molar-refractivity contribution < 1.29 is 19.2 Å². The Morgan fingerprint density at radius 2 is 2.33 bits per heavy atom. The van der Waals surface area contributed by atoms with E-state index in [2.05, 4.69) is 27.5 Å². The van der Waals surface area contributed by atoms with Crippen molar-refractivity contribution in [3.8, 4) is 0 Å². The van der Waals surface area contributed by atoms with Crippen LogP contribution < -0.4 is 20.2 Å². The van der Waals surface area contributed by atoms with Gasteiger partial charge in [0.1, 0.15) is 0 Å².